The first-order chi connectivity index (χ1) is 7.15. The highest BCUT2D eigenvalue weighted by Crippen LogP contribution is 2.16. The average Bonchev–Trinajstić information content (AvgIpc) is 2.20. The normalized spacial score (nSPS) is 12.3. The van der Waals surface area contributed by atoms with Gasteiger partial charge in [-0.15, -0.1) is 0 Å². The van der Waals surface area contributed by atoms with Gasteiger partial charge >= 0.3 is 0 Å². The predicted octanol–water partition coefficient (Wildman–Crippen LogP) is 2.26. The topological polar surface area (TPSA) is 69.2 Å². The summed E-state index contributed by atoms with van der Waals surface area (Å²) in [6.07, 6.45) is 1.84. The number of nitro groups is 1. The fourth-order valence-electron chi connectivity index (χ4n) is 1.59. The van der Waals surface area contributed by atoms with Crippen molar-refractivity contribution in [2.24, 2.45) is 0 Å². The minimum absolute atomic E-state index is 0.212. The third kappa shape index (κ3) is 3.23. The molecular weight excluding hydrogens is 192 g/mol. The number of hydrogen-bond donors (Lipinski definition) is 1. The third-order valence-corrected chi connectivity index (χ3v) is 2.43. The van der Waals surface area contributed by atoms with Gasteiger partial charge in [0.1, 0.15) is 0 Å². The SMILES string of the molecule is CCCC(Cc1ccccc1N)[N+](=O)[O-]. The highest BCUT2D eigenvalue weighted by Gasteiger charge is 2.20. The second kappa shape index (κ2) is 5.34. The Balaban J connectivity index is 2.74. The van der Waals surface area contributed by atoms with Gasteiger partial charge in [-0.25, -0.2) is 0 Å². The molecule has 1 unspecified atom stereocenters. The van der Waals surface area contributed by atoms with Gasteiger partial charge in [-0.3, -0.25) is 10.1 Å². The summed E-state index contributed by atoms with van der Waals surface area (Å²) >= 11 is 0. The van der Waals surface area contributed by atoms with E-state index in [2.05, 4.69) is 0 Å². The van der Waals surface area contributed by atoms with Crippen LogP contribution in [0.2, 0.25) is 0 Å². The van der Waals surface area contributed by atoms with Crippen molar-refractivity contribution >= 4 is 5.69 Å². The molecule has 1 atom stereocenters. The molecule has 0 fully saturated rings. The summed E-state index contributed by atoms with van der Waals surface area (Å²) in [6, 6.07) is 6.80. The van der Waals surface area contributed by atoms with Gasteiger partial charge in [-0.1, -0.05) is 25.1 Å². The molecule has 4 heteroatoms. The Morgan fingerprint density at radius 2 is 2.13 bits per heavy atom. The van der Waals surface area contributed by atoms with Crippen molar-refractivity contribution in [3.8, 4) is 0 Å². The van der Waals surface area contributed by atoms with Crippen molar-refractivity contribution in [3.63, 3.8) is 0 Å². The Kier molecular flexibility index (Phi) is 4.09. The molecule has 0 aliphatic rings. The molecule has 0 aliphatic heterocycles. The fraction of sp³-hybridized carbons (Fsp3) is 0.455. The smallest absolute Gasteiger partial charge is 0.217 e. The van der Waals surface area contributed by atoms with Crippen molar-refractivity contribution in [3.05, 3.63) is 39.9 Å². The number of rotatable bonds is 5. The maximum Gasteiger partial charge on any atom is 0.217 e. The highest BCUT2D eigenvalue weighted by atomic mass is 16.6. The van der Waals surface area contributed by atoms with Crippen LogP contribution >= 0.6 is 0 Å². The van der Waals surface area contributed by atoms with Gasteiger partial charge in [-0.2, -0.15) is 0 Å². The number of nitrogens with zero attached hydrogens (tertiary/aromatic N) is 1. The van der Waals surface area contributed by atoms with E-state index in [0.29, 0.717) is 18.5 Å². The second-order valence-corrected chi connectivity index (χ2v) is 3.63. The average molecular weight is 208 g/mol. The number of nitrogen functional groups attached to an aromatic ring is 1. The quantitative estimate of drug-likeness (QED) is 0.458. The number of nitrogens with two attached hydrogens (primary N) is 1. The predicted molar refractivity (Wildman–Crippen MR) is 60.2 cm³/mol. The van der Waals surface area contributed by atoms with Crippen molar-refractivity contribution in [2.45, 2.75) is 32.2 Å². The van der Waals surface area contributed by atoms with E-state index in [-0.39, 0.29) is 4.92 Å². The van der Waals surface area contributed by atoms with E-state index in [4.69, 9.17) is 5.73 Å². The molecule has 0 spiro atoms. The molecule has 2 N–H and O–H groups in total. The summed E-state index contributed by atoms with van der Waals surface area (Å²) in [6.45, 7) is 1.95. The fourth-order valence-corrected chi connectivity index (χ4v) is 1.59. The molecule has 1 aromatic carbocycles. The van der Waals surface area contributed by atoms with Crippen LogP contribution in [0.1, 0.15) is 25.3 Å². The third-order valence-electron chi connectivity index (χ3n) is 2.43. The molecule has 1 rings (SSSR count). The minimum Gasteiger partial charge on any atom is -0.399 e. The number of benzene rings is 1. The largest absolute Gasteiger partial charge is 0.399 e. The Labute approximate surface area is 89.2 Å². The van der Waals surface area contributed by atoms with Crippen LogP contribution < -0.4 is 5.73 Å². The molecule has 0 saturated heterocycles. The summed E-state index contributed by atoms with van der Waals surface area (Å²) in [4.78, 5) is 10.6. The van der Waals surface area contributed by atoms with E-state index in [1.54, 1.807) is 6.07 Å². The summed E-state index contributed by atoms with van der Waals surface area (Å²) in [7, 11) is 0. The molecule has 0 aliphatic carbocycles. The first kappa shape index (κ1) is 11.5. The van der Waals surface area contributed by atoms with E-state index in [1.165, 1.54) is 0 Å². The molecule has 0 aromatic heterocycles. The monoisotopic (exact) mass is 208 g/mol. The molecular formula is C11H16N2O2. The molecule has 1 aromatic rings. The maximum atomic E-state index is 10.8. The lowest BCUT2D eigenvalue weighted by Crippen LogP contribution is -2.22. The van der Waals surface area contributed by atoms with Gasteiger partial charge in [-0.05, 0) is 18.1 Å². The van der Waals surface area contributed by atoms with E-state index in [9.17, 15) is 10.1 Å². The zero-order valence-electron chi connectivity index (χ0n) is 8.85. The van der Waals surface area contributed by atoms with Crippen LogP contribution in [0.4, 0.5) is 5.69 Å². The Morgan fingerprint density at radius 1 is 1.47 bits per heavy atom. The van der Waals surface area contributed by atoms with Gasteiger partial charge in [0.2, 0.25) is 6.04 Å². The van der Waals surface area contributed by atoms with E-state index in [1.807, 2.05) is 25.1 Å². The van der Waals surface area contributed by atoms with E-state index < -0.39 is 6.04 Å². The van der Waals surface area contributed by atoms with Gasteiger partial charge < -0.3 is 5.73 Å². The van der Waals surface area contributed by atoms with Crippen molar-refractivity contribution < 1.29 is 4.92 Å². The summed E-state index contributed by atoms with van der Waals surface area (Å²) < 4.78 is 0. The maximum absolute atomic E-state index is 10.8. The summed E-state index contributed by atoms with van der Waals surface area (Å²) in [5.74, 6) is 0. The first-order valence-corrected chi connectivity index (χ1v) is 5.12. The van der Waals surface area contributed by atoms with Gasteiger partial charge in [0.05, 0.1) is 0 Å². The molecule has 0 amide bonds. The molecule has 0 saturated carbocycles. The molecule has 0 heterocycles. The molecule has 4 nitrogen and oxygen atoms in total. The second-order valence-electron chi connectivity index (χ2n) is 3.63. The number of hydrogen-bond acceptors (Lipinski definition) is 3. The van der Waals surface area contributed by atoms with Crippen LogP contribution in [-0.2, 0) is 6.42 Å². The Bertz CT molecular complexity index is 339. The molecule has 0 bridgehead atoms. The molecule has 82 valence electrons. The van der Waals surface area contributed by atoms with Gasteiger partial charge in [0, 0.05) is 23.5 Å². The zero-order chi connectivity index (χ0) is 11.3. The molecule has 0 radical (unpaired) electrons. The zero-order valence-corrected chi connectivity index (χ0v) is 8.85. The number of anilines is 1. The first-order valence-electron chi connectivity index (χ1n) is 5.12. The lowest BCUT2D eigenvalue weighted by Gasteiger charge is -2.09. The van der Waals surface area contributed by atoms with Crippen LogP contribution in [0, 0.1) is 10.1 Å². The van der Waals surface area contributed by atoms with Crippen LogP contribution in [0.25, 0.3) is 0 Å². The van der Waals surface area contributed by atoms with Crippen LogP contribution in [0.15, 0.2) is 24.3 Å². The summed E-state index contributed by atoms with van der Waals surface area (Å²) in [5, 5.41) is 10.8. The van der Waals surface area contributed by atoms with Crippen molar-refractivity contribution in [1.82, 2.24) is 0 Å². The van der Waals surface area contributed by atoms with E-state index >= 15 is 0 Å². The molecule has 15 heavy (non-hydrogen) atoms. The van der Waals surface area contributed by atoms with Gasteiger partial charge in [0.25, 0.3) is 0 Å². The Hall–Kier alpha value is -1.58. The van der Waals surface area contributed by atoms with Crippen LogP contribution in [0.5, 0.6) is 0 Å². The van der Waals surface area contributed by atoms with Crippen molar-refractivity contribution in [1.29, 1.82) is 0 Å². The Morgan fingerprint density at radius 3 is 2.67 bits per heavy atom. The van der Waals surface area contributed by atoms with Crippen molar-refractivity contribution in [2.75, 3.05) is 5.73 Å². The summed E-state index contributed by atoms with van der Waals surface area (Å²) in [5.41, 5.74) is 7.25. The number of para-hydroxylation sites is 1. The lowest BCUT2D eigenvalue weighted by molar-refractivity contribution is -0.523. The highest BCUT2D eigenvalue weighted by molar-refractivity contribution is 5.46. The lowest BCUT2D eigenvalue weighted by atomic mass is 10.0. The van der Waals surface area contributed by atoms with Gasteiger partial charge in [0.15, 0.2) is 0 Å². The van der Waals surface area contributed by atoms with Crippen LogP contribution in [0.3, 0.4) is 0 Å². The van der Waals surface area contributed by atoms with Crippen LogP contribution in [-0.4, -0.2) is 11.0 Å². The van der Waals surface area contributed by atoms with E-state index in [0.717, 1.165) is 12.0 Å². The standard InChI is InChI=1S/C11H16N2O2/c1-2-5-10(13(14)15)8-9-6-3-4-7-11(9)12/h3-4,6-7,10H,2,5,8,12H2,1H3. The minimum atomic E-state index is -0.514.